The zero-order valence-electron chi connectivity index (χ0n) is 20.8. The van der Waals surface area contributed by atoms with Crippen molar-refractivity contribution in [3.05, 3.63) is 64.7 Å². The minimum Gasteiger partial charge on any atom is -0.343 e. The highest BCUT2D eigenvalue weighted by molar-refractivity contribution is 8.10. The Morgan fingerprint density at radius 2 is 1.47 bits per heavy atom. The largest absolute Gasteiger partial charge is 0.343 e. The van der Waals surface area contributed by atoms with E-state index in [0.717, 1.165) is 5.56 Å². The molecule has 176 valence electrons. The summed E-state index contributed by atoms with van der Waals surface area (Å²) in [5, 5.41) is 2.22. The molecule has 1 aliphatic heterocycles. The van der Waals surface area contributed by atoms with Crippen molar-refractivity contribution < 1.29 is 13.7 Å². The summed E-state index contributed by atoms with van der Waals surface area (Å²) in [5.74, 6) is 0.691. The molecule has 0 spiro atoms. The van der Waals surface area contributed by atoms with Crippen LogP contribution in [0.1, 0.15) is 94.9 Å². The Bertz CT molecular complexity index is 881. The highest BCUT2D eigenvalue weighted by Gasteiger charge is 2.38. The number of hydrogen-bond donors (Lipinski definition) is 0. The molecule has 2 aromatic rings. The summed E-state index contributed by atoms with van der Waals surface area (Å²) in [7, 11) is -0.391. The molecule has 1 saturated heterocycles. The van der Waals surface area contributed by atoms with E-state index in [-0.39, 0.29) is 0 Å². The van der Waals surface area contributed by atoms with Crippen molar-refractivity contribution in [2.75, 3.05) is 19.8 Å². The third kappa shape index (κ3) is 5.53. The molecule has 0 radical (unpaired) electrons. The van der Waals surface area contributed by atoms with Crippen LogP contribution in [0, 0.1) is 0 Å². The molecule has 1 heterocycles. The maximum absolute atomic E-state index is 6.58. The van der Waals surface area contributed by atoms with Gasteiger partial charge in [-0.2, -0.15) is 0 Å². The molecular weight excluding hydrogens is 416 g/mol. The van der Waals surface area contributed by atoms with Crippen LogP contribution in [0.5, 0.6) is 0 Å². The fourth-order valence-electron chi connectivity index (χ4n) is 4.23. The van der Waals surface area contributed by atoms with E-state index in [0.29, 0.717) is 44.0 Å². The van der Waals surface area contributed by atoms with Crippen LogP contribution in [-0.4, -0.2) is 25.2 Å². The van der Waals surface area contributed by atoms with Gasteiger partial charge in [0.1, 0.15) is 0 Å². The first-order chi connectivity index (χ1) is 15.3. The standard InChI is InChI=1S/C28H40O3S/c1-8-32(27-25(21(4)5)18-23(20(2)3)19-26(27)22(6)7)31-15-14-28(29-16-17-30-28)24-12-10-9-11-13-24/h8-13,18-22H,14-17H2,1-7H3. The van der Waals surface area contributed by atoms with Crippen molar-refractivity contribution in [2.45, 2.75) is 83.3 Å². The fourth-order valence-corrected chi connectivity index (χ4v) is 6.04. The lowest BCUT2D eigenvalue weighted by molar-refractivity contribution is -0.174. The Morgan fingerprint density at radius 1 is 0.906 bits per heavy atom. The fraction of sp³-hybridized carbons (Fsp3) is 0.536. The summed E-state index contributed by atoms with van der Waals surface area (Å²) in [6.07, 6.45) is 0.673. The van der Waals surface area contributed by atoms with Gasteiger partial charge in [-0.1, -0.05) is 84.0 Å². The van der Waals surface area contributed by atoms with Crippen LogP contribution in [0.3, 0.4) is 0 Å². The van der Waals surface area contributed by atoms with Crippen LogP contribution in [0.4, 0.5) is 0 Å². The summed E-state index contributed by atoms with van der Waals surface area (Å²) in [4.78, 5) is 1.36. The van der Waals surface area contributed by atoms with Crippen LogP contribution in [-0.2, 0) is 19.4 Å². The van der Waals surface area contributed by atoms with E-state index in [1.54, 1.807) is 0 Å². The van der Waals surface area contributed by atoms with Crippen molar-refractivity contribution >= 4 is 16.1 Å². The zero-order chi connectivity index (χ0) is 23.3. The minimum absolute atomic E-state index is 0.391. The zero-order valence-corrected chi connectivity index (χ0v) is 21.6. The van der Waals surface area contributed by atoms with Gasteiger partial charge in [0.15, 0.2) is 5.79 Å². The van der Waals surface area contributed by atoms with Crippen LogP contribution in [0.2, 0.25) is 0 Å². The molecule has 0 bridgehead atoms. The Hall–Kier alpha value is -1.46. The molecule has 3 rings (SSSR count). The first-order valence-electron chi connectivity index (χ1n) is 12.0. The number of hydrogen-bond acceptors (Lipinski definition) is 3. The lowest BCUT2D eigenvalue weighted by atomic mass is 9.89. The van der Waals surface area contributed by atoms with Gasteiger partial charge in [0, 0.05) is 16.9 Å². The van der Waals surface area contributed by atoms with Crippen molar-refractivity contribution in [2.24, 2.45) is 0 Å². The normalized spacial score (nSPS) is 17.1. The van der Waals surface area contributed by atoms with Gasteiger partial charge in [0.25, 0.3) is 0 Å². The third-order valence-electron chi connectivity index (χ3n) is 6.10. The smallest absolute Gasteiger partial charge is 0.197 e. The molecule has 32 heavy (non-hydrogen) atoms. The molecular formula is C28H40O3S. The molecule has 2 aromatic carbocycles. The van der Waals surface area contributed by atoms with Gasteiger partial charge in [-0.05, 0) is 57.5 Å². The second-order valence-corrected chi connectivity index (χ2v) is 11.1. The monoisotopic (exact) mass is 456 g/mol. The van der Waals surface area contributed by atoms with Gasteiger partial charge in [0.05, 0.1) is 19.8 Å². The SMILES string of the molecule is C/C=S(/OCCC1(c2ccccc2)OCCO1)c1c(C(C)C)cc(C(C)C)cc1C(C)C. The average Bonchev–Trinajstić information content (AvgIpc) is 3.26. The molecule has 0 saturated carbocycles. The summed E-state index contributed by atoms with van der Waals surface area (Å²) in [6, 6.07) is 15.1. The van der Waals surface area contributed by atoms with Gasteiger partial charge < -0.3 is 13.7 Å². The van der Waals surface area contributed by atoms with Gasteiger partial charge in [-0.15, -0.1) is 0 Å². The van der Waals surface area contributed by atoms with Crippen molar-refractivity contribution in [1.82, 2.24) is 0 Å². The molecule has 0 aliphatic carbocycles. The van der Waals surface area contributed by atoms with E-state index in [1.165, 1.54) is 21.6 Å². The van der Waals surface area contributed by atoms with Crippen LogP contribution in [0.25, 0.3) is 0 Å². The molecule has 4 heteroatoms. The molecule has 1 atom stereocenters. The first kappa shape index (κ1) is 25.2. The van der Waals surface area contributed by atoms with Gasteiger partial charge in [-0.25, -0.2) is 0 Å². The number of rotatable bonds is 9. The predicted octanol–water partition coefficient (Wildman–Crippen LogP) is 7.73. The Morgan fingerprint density at radius 3 is 1.94 bits per heavy atom. The van der Waals surface area contributed by atoms with E-state index in [9.17, 15) is 0 Å². The van der Waals surface area contributed by atoms with E-state index >= 15 is 0 Å². The van der Waals surface area contributed by atoms with Crippen LogP contribution in [0.15, 0.2) is 47.4 Å². The quantitative estimate of drug-likeness (QED) is 0.361. The average molecular weight is 457 g/mol. The lowest BCUT2D eigenvalue weighted by Crippen LogP contribution is -2.28. The topological polar surface area (TPSA) is 27.7 Å². The molecule has 1 fully saturated rings. The summed E-state index contributed by atoms with van der Waals surface area (Å²) in [5.41, 5.74) is 5.30. The lowest BCUT2D eigenvalue weighted by Gasteiger charge is -2.29. The van der Waals surface area contributed by atoms with E-state index in [2.05, 4.69) is 78.1 Å². The van der Waals surface area contributed by atoms with E-state index in [1.807, 2.05) is 18.2 Å². The van der Waals surface area contributed by atoms with Crippen LogP contribution < -0.4 is 0 Å². The highest BCUT2D eigenvalue weighted by atomic mass is 32.2. The predicted molar refractivity (Wildman–Crippen MR) is 137 cm³/mol. The minimum atomic E-state index is -0.701. The van der Waals surface area contributed by atoms with Gasteiger partial charge in [-0.3, -0.25) is 0 Å². The molecule has 1 aliphatic rings. The molecule has 3 nitrogen and oxygen atoms in total. The van der Waals surface area contributed by atoms with Crippen molar-refractivity contribution in [3.8, 4) is 0 Å². The van der Waals surface area contributed by atoms with Crippen LogP contribution >= 0.6 is 10.8 Å². The number of benzene rings is 2. The second-order valence-electron chi connectivity index (χ2n) is 9.41. The summed E-state index contributed by atoms with van der Waals surface area (Å²) < 4.78 is 18.8. The summed E-state index contributed by atoms with van der Waals surface area (Å²) in [6.45, 7) is 17.6. The summed E-state index contributed by atoms with van der Waals surface area (Å²) >= 11 is 0. The van der Waals surface area contributed by atoms with Gasteiger partial charge in [0.2, 0.25) is 0 Å². The Kier molecular flexibility index (Phi) is 8.74. The molecule has 0 aromatic heterocycles. The Labute approximate surface area is 197 Å². The third-order valence-corrected chi connectivity index (χ3v) is 7.83. The van der Waals surface area contributed by atoms with Crippen molar-refractivity contribution in [1.29, 1.82) is 0 Å². The molecule has 0 amide bonds. The first-order valence-corrected chi connectivity index (χ1v) is 13.2. The van der Waals surface area contributed by atoms with Gasteiger partial charge >= 0.3 is 0 Å². The second kappa shape index (κ2) is 11.1. The molecule has 1 unspecified atom stereocenters. The highest BCUT2D eigenvalue weighted by Crippen LogP contribution is 2.43. The van der Waals surface area contributed by atoms with E-state index < -0.39 is 16.6 Å². The maximum atomic E-state index is 6.58. The van der Waals surface area contributed by atoms with Crippen molar-refractivity contribution in [3.63, 3.8) is 0 Å². The Balaban J connectivity index is 1.89. The van der Waals surface area contributed by atoms with E-state index in [4.69, 9.17) is 13.7 Å². The number of ether oxygens (including phenoxy) is 2. The molecule has 0 N–H and O–H groups in total. The maximum Gasteiger partial charge on any atom is 0.197 e.